The van der Waals surface area contributed by atoms with E-state index < -0.39 is 0 Å². The molecule has 21 heavy (non-hydrogen) atoms. The average Bonchev–Trinajstić information content (AvgIpc) is 2.47. The lowest BCUT2D eigenvalue weighted by Crippen LogP contribution is -1.85. The zero-order valence-corrected chi connectivity index (χ0v) is 11.7. The molecule has 104 valence electrons. The van der Waals surface area contributed by atoms with Crippen LogP contribution in [0.25, 0.3) is 22.3 Å². The molecule has 3 rings (SSSR count). The van der Waals surface area contributed by atoms with Crippen molar-refractivity contribution in [3.63, 3.8) is 0 Å². The Labute approximate surface area is 123 Å². The minimum atomic E-state index is 0.256. The first kappa shape index (κ1) is 13.3. The van der Waals surface area contributed by atoms with E-state index in [4.69, 9.17) is 0 Å². The Bertz CT molecular complexity index is 727. The highest BCUT2D eigenvalue weighted by molar-refractivity contribution is 5.79. The predicted molar refractivity (Wildman–Crippen MR) is 85.4 cm³/mol. The van der Waals surface area contributed by atoms with Gasteiger partial charge < -0.3 is 10.2 Å². The monoisotopic (exact) mass is 276 g/mol. The summed E-state index contributed by atoms with van der Waals surface area (Å²) in [6, 6.07) is 20.6. The lowest BCUT2D eigenvalue weighted by Gasteiger charge is -2.10. The Morgan fingerprint density at radius 3 is 1.48 bits per heavy atom. The van der Waals surface area contributed by atoms with Crippen LogP contribution in [0.15, 0.2) is 66.7 Å². The maximum Gasteiger partial charge on any atom is 0.123 e. The summed E-state index contributed by atoms with van der Waals surface area (Å²) in [7, 11) is 0. The number of aromatic hydroxyl groups is 2. The quantitative estimate of drug-likeness (QED) is 0.709. The SMILES string of the molecule is Cc1cc(-c2ccccc2O)cc(-c2ccccc2O)c1. The van der Waals surface area contributed by atoms with Crippen molar-refractivity contribution < 1.29 is 10.2 Å². The van der Waals surface area contributed by atoms with Gasteiger partial charge in [-0.25, -0.2) is 0 Å². The molecule has 0 bridgehead atoms. The van der Waals surface area contributed by atoms with Gasteiger partial charge in [0, 0.05) is 11.1 Å². The van der Waals surface area contributed by atoms with E-state index in [1.54, 1.807) is 24.3 Å². The van der Waals surface area contributed by atoms with Gasteiger partial charge in [0.2, 0.25) is 0 Å². The number of rotatable bonds is 2. The maximum atomic E-state index is 10.0. The molecule has 0 atom stereocenters. The van der Waals surface area contributed by atoms with Crippen molar-refractivity contribution >= 4 is 0 Å². The molecule has 2 N–H and O–H groups in total. The Morgan fingerprint density at radius 2 is 1.05 bits per heavy atom. The third-order valence-corrected chi connectivity index (χ3v) is 3.51. The average molecular weight is 276 g/mol. The summed E-state index contributed by atoms with van der Waals surface area (Å²) in [4.78, 5) is 0. The Morgan fingerprint density at radius 1 is 0.619 bits per heavy atom. The Balaban J connectivity index is 2.18. The summed E-state index contributed by atoms with van der Waals surface area (Å²) in [5.41, 5.74) is 4.53. The van der Waals surface area contributed by atoms with E-state index in [0.29, 0.717) is 0 Å². The van der Waals surface area contributed by atoms with Crippen LogP contribution in [-0.4, -0.2) is 10.2 Å². The second-order valence-electron chi connectivity index (χ2n) is 5.12. The highest BCUT2D eigenvalue weighted by atomic mass is 16.3. The number of benzene rings is 3. The van der Waals surface area contributed by atoms with Crippen LogP contribution in [0.3, 0.4) is 0 Å². The van der Waals surface area contributed by atoms with E-state index in [9.17, 15) is 10.2 Å². The molecule has 0 spiro atoms. The van der Waals surface area contributed by atoms with Gasteiger partial charge in [0.15, 0.2) is 0 Å². The first-order valence-corrected chi connectivity index (χ1v) is 6.83. The molecular formula is C19H16O2. The van der Waals surface area contributed by atoms with Gasteiger partial charge >= 0.3 is 0 Å². The van der Waals surface area contributed by atoms with Crippen LogP contribution >= 0.6 is 0 Å². The minimum absolute atomic E-state index is 0.256. The third kappa shape index (κ3) is 2.61. The molecule has 0 saturated heterocycles. The number of phenols is 2. The summed E-state index contributed by atoms with van der Waals surface area (Å²) in [5, 5.41) is 20.0. The summed E-state index contributed by atoms with van der Waals surface area (Å²) in [6.45, 7) is 2.01. The van der Waals surface area contributed by atoms with Crippen LogP contribution in [0.2, 0.25) is 0 Å². The highest BCUT2D eigenvalue weighted by Gasteiger charge is 2.09. The van der Waals surface area contributed by atoms with Gasteiger partial charge in [0.1, 0.15) is 11.5 Å². The van der Waals surface area contributed by atoms with E-state index in [0.717, 1.165) is 27.8 Å². The first-order chi connectivity index (χ1) is 10.1. The maximum absolute atomic E-state index is 10.0. The minimum Gasteiger partial charge on any atom is -0.507 e. The Kier molecular flexibility index (Phi) is 3.36. The molecule has 0 saturated carbocycles. The third-order valence-electron chi connectivity index (χ3n) is 3.51. The van der Waals surface area contributed by atoms with E-state index in [1.165, 1.54) is 0 Å². The second-order valence-corrected chi connectivity index (χ2v) is 5.12. The van der Waals surface area contributed by atoms with Crippen molar-refractivity contribution in [3.05, 3.63) is 72.3 Å². The number of phenolic OH excluding ortho intramolecular Hbond substituents is 2. The van der Waals surface area contributed by atoms with E-state index in [-0.39, 0.29) is 11.5 Å². The van der Waals surface area contributed by atoms with Crippen molar-refractivity contribution in [2.45, 2.75) is 6.92 Å². The number of para-hydroxylation sites is 2. The molecule has 0 fully saturated rings. The van der Waals surface area contributed by atoms with Crippen molar-refractivity contribution in [1.82, 2.24) is 0 Å². The van der Waals surface area contributed by atoms with Gasteiger partial charge in [-0.05, 0) is 41.8 Å². The summed E-state index contributed by atoms with van der Waals surface area (Å²) in [5.74, 6) is 0.512. The van der Waals surface area contributed by atoms with Gasteiger partial charge in [-0.15, -0.1) is 0 Å². The van der Waals surface area contributed by atoms with Crippen molar-refractivity contribution in [3.8, 4) is 33.8 Å². The molecule has 2 nitrogen and oxygen atoms in total. The fraction of sp³-hybridized carbons (Fsp3) is 0.0526. The van der Waals surface area contributed by atoms with E-state index >= 15 is 0 Å². The molecule has 0 aliphatic carbocycles. The standard InChI is InChI=1S/C19H16O2/c1-13-10-14(16-6-2-4-8-18(16)20)12-15(11-13)17-7-3-5-9-19(17)21/h2-12,20-21H,1H3. The zero-order valence-electron chi connectivity index (χ0n) is 11.7. The van der Waals surface area contributed by atoms with Crippen LogP contribution in [0.4, 0.5) is 0 Å². The van der Waals surface area contributed by atoms with Gasteiger partial charge in [-0.2, -0.15) is 0 Å². The number of hydrogen-bond donors (Lipinski definition) is 2. The topological polar surface area (TPSA) is 40.5 Å². The first-order valence-electron chi connectivity index (χ1n) is 6.83. The van der Waals surface area contributed by atoms with E-state index in [2.05, 4.69) is 0 Å². The molecule has 0 radical (unpaired) electrons. The van der Waals surface area contributed by atoms with Crippen molar-refractivity contribution in [2.24, 2.45) is 0 Å². The van der Waals surface area contributed by atoms with Crippen LogP contribution in [-0.2, 0) is 0 Å². The summed E-state index contributed by atoms with van der Waals surface area (Å²) in [6.07, 6.45) is 0. The van der Waals surface area contributed by atoms with E-state index in [1.807, 2.05) is 49.4 Å². The molecular weight excluding hydrogens is 260 g/mol. The summed E-state index contributed by atoms with van der Waals surface area (Å²) >= 11 is 0. The normalized spacial score (nSPS) is 10.5. The van der Waals surface area contributed by atoms with Gasteiger partial charge in [0.25, 0.3) is 0 Å². The van der Waals surface area contributed by atoms with Crippen molar-refractivity contribution in [1.29, 1.82) is 0 Å². The van der Waals surface area contributed by atoms with Crippen LogP contribution < -0.4 is 0 Å². The molecule has 2 heteroatoms. The fourth-order valence-corrected chi connectivity index (χ4v) is 2.53. The second kappa shape index (κ2) is 5.33. The molecule has 0 aromatic heterocycles. The highest BCUT2D eigenvalue weighted by Crippen LogP contribution is 2.35. The van der Waals surface area contributed by atoms with Gasteiger partial charge in [0.05, 0.1) is 0 Å². The predicted octanol–water partition coefficient (Wildman–Crippen LogP) is 4.74. The lowest BCUT2D eigenvalue weighted by molar-refractivity contribution is 0.477. The largest absolute Gasteiger partial charge is 0.507 e. The zero-order chi connectivity index (χ0) is 14.8. The molecule has 3 aromatic carbocycles. The van der Waals surface area contributed by atoms with Crippen LogP contribution in [0.1, 0.15) is 5.56 Å². The van der Waals surface area contributed by atoms with Gasteiger partial charge in [-0.1, -0.05) is 48.5 Å². The number of aryl methyl sites for hydroxylation is 1. The lowest BCUT2D eigenvalue weighted by atomic mass is 9.96. The molecule has 0 heterocycles. The molecule has 0 aliphatic rings. The molecule has 0 unspecified atom stereocenters. The number of hydrogen-bond acceptors (Lipinski definition) is 2. The van der Waals surface area contributed by atoms with Gasteiger partial charge in [-0.3, -0.25) is 0 Å². The fourth-order valence-electron chi connectivity index (χ4n) is 2.53. The smallest absolute Gasteiger partial charge is 0.123 e. The molecule has 0 aliphatic heterocycles. The Hall–Kier alpha value is -2.74. The van der Waals surface area contributed by atoms with Crippen LogP contribution in [0.5, 0.6) is 11.5 Å². The summed E-state index contributed by atoms with van der Waals surface area (Å²) < 4.78 is 0. The van der Waals surface area contributed by atoms with Crippen molar-refractivity contribution in [2.75, 3.05) is 0 Å². The molecule has 3 aromatic rings. The molecule has 0 amide bonds. The van der Waals surface area contributed by atoms with Crippen LogP contribution in [0, 0.1) is 6.92 Å².